The van der Waals surface area contributed by atoms with Crippen LogP contribution in [-0.4, -0.2) is 12.4 Å². The van der Waals surface area contributed by atoms with Crippen molar-refractivity contribution in [2.45, 2.75) is 6.92 Å². The van der Waals surface area contributed by atoms with E-state index in [9.17, 15) is 9.18 Å². The van der Waals surface area contributed by atoms with E-state index in [1.54, 1.807) is 18.2 Å². The van der Waals surface area contributed by atoms with Crippen LogP contribution < -0.4 is 4.74 Å². The summed E-state index contributed by atoms with van der Waals surface area (Å²) in [7, 11) is 0. The Kier molecular flexibility index (Phi) is 4.14. The largest absolute Gasteiger partial charge is 0.485 e. The minimum Gasteiger partial charge on any atom is -0.485 e. The fraction of sp³-hybridized carbons (Fsp3) is 0.154. The second-order valence-electron chi connectivity index (χ2n) is 3.70. The summed E-state index contributed by atoms with van der Waals surface area (Å²) in [6.07, 6.45) is 0. The van der Waals surface area contributed by atoms with Crippen LogP contribution in [0.3, 0.4) is 0 Å². The third-order valence-corrected chi connectivity index (χ3v) is 3.96. The fourth-order valence-corrected chi connectivity index (χ4v) is 2.41. The lowest BCUT2D eigenvalue weighted by atomic mass is 10.3. The van der Waals surface area contributed by atoms with Crippen LogP contribution in [0.1, 0.15) is 14.5 Å². The monoisotopic (exact) mass is 328 g/mol. The first-order chi connectivity index (χ1) is 8.56. The van der Waals surface area contributed by atoms with Gasteiger partial charge in [0.15, 0.2) is 6.61 Å². The molecule has 0 bridgehead atoms. The summed E-state index contributed by atoms with van der Waals surface area (Å²) in [4.78, 5) is 13.5. The van der Waals surface area contributed by atoms with Crippen LogP contribution >= 0.6 is 27.3 Å². The molecule has 2 aromatic rings. The molecule has 0 N–H and O–H groups in total. The van der Waals surface area contributed by atoms with Crippen molar-refractivity contribution in [1.29, 1.82) is 0 Å². The highest BCUT2D eigenvalue weighted by atomic mass is 79.9. The third kappa shape index (κ3) is 3.17. The van der Waals surface area contributed by atoms with Crippen LogP contribution in [0.25, 0.3) is 0 Å². The van der Waals surface area contributed by atoms with Gasteiger partial charge < -0.3 is 4.74 Å². The number of rotatable bonds is 4. The highest BCUT2D eigenvalue weighted by molar-refractivity contribution is 9.10. The van der Waals surface area contributed by atoms with Gasteiger partial charge in [-0.25, -0.2) is 4.39 Å². The number of carbonyl (C=O) groups excluding carboxylic acids is 1. The third-order valence-electron chi connectivity index (χ3n) is 2.28. The van der Waals surface area contributed by atoms with Crippen LogP contribution in [0.2, 0.25) is 0 Å². The molecule has 0 saturated carbocycles. The highest BCUT2D eigenvalue weighted by Gasteiger charge is 2.09. The Bertz CT molecular complexity index is 580. The molecule has 94 valence electrons. The molecule has 1 aromatic heterocycles. The number of hydrogen-bond donors (Lipinski definition) is 0. The molecule has 18 heavy (non-hydrogen) atoms. The number of carbonyl (C=O) groups is 1. The number of thiophene rings is 1. The normalized spacial score (nSPS) is 10.4. The smallest absolute Gasteiger partial charge is 0.210 e. The van der Waals surface area contributed by atoms with Gasteiger partial charge in [0.1, 0.15) is 11.6 Å². The summed E-state index contributed by atoms with van der Waals surface area (Å²) in [6.45, 7) is 1.85. The van der Waals surface area contributed by atoms with E-state index in [0.29, 0.717) is 15.1 Å². The first kappa shape index (κ1) is 13.2. The quantitative estimate of drug-likeness (QED) is 0.785. The van der Waals surface area contributed by atoms with Crippen molar-refractivity contribution in [3.63, 3.8) is 0 Å². The predicted octanol–water partition coefficient (Wildman–Crippen LogP) is 4.22. The van der Waals surface area contributed by atoms with E-state index in [1.165, 1.54) is 17.4 Å². The Hall–Kier alpha value is -1.20. The van der Waals surface area contributed by atoms with Gasteiger partial charge in [0, 0.05) is 10.9 Å². The van der Waals surface area contributed by atoms with E-state index < -0.39 is 5.82 Å². The maximum Gasteiger partial charge on any atom is 0.210 e. The van der Waals surface area contributed by atoms with Crippen LogP contribution in [0.4, 0.5) is 4.39 Å². The van der Waals surface area contributed by atoms with E-state index in [2.05, 4.69) is 15.9 Å². The molecule has 0 aliphatic heterocycles. The molecule has 0 unspecified atom stereocenters. The number of benzene rings is 1. The average molecular weight is 329 g/mol. The molecule has 0 amide bonds. The molecule has 0 spiro atoms. The van der Waals surface area contributed by atoms with Gasteiger partial charge in [0.2, 0.25) is 5.78 Å². The molecule has 0 fully saturated rings. The molecule has 5 heteroatoms. The predicted molar refractivity (Wildman–Crippen MR) is 73.0 cm³/mol. The van der Waals surface area contributed by atoms with E-state index >= 15 is 0 Å². The number of ketones is 1. The van der Waals surface area contributed by atoms with Crippen LogP contribution in [0.15, 0.2) is 34.8 Å². The van der Waals surface area contributed by atoms with Crippen molar-refractivity contribution in [1.82, 2.24) is 0 Å². The van der Waals surface area contributed by atoms with Gasteiger partial charge >= 0.3 is 0 Å². The number of halogens is 2. The Morgan fingerprint density at radius 3 is 2.78 bits per heavy atom. The summed E-state index contributed by atoms with van der Waals surface area (Å²) in [6, 6.07) is 8.06. The number of Topliss-reactive ketones (excluding diaryl/α,β-unsaturated/α-hetero) is 1. The number of hydrogen-bond acceptors (Lipinski definition) is 3. The lowest BCUT2D eigenvalue weighted by Gasteiger charge is -2.05. The molecule has 0 atom stereocenters. The second-order valence-corrected chi connectivity index (χ2v) is 5.84. The first-order valence-electron chi connectivity index (χ1n) is 5.24. The Morgan fingerprint density at radius 1 is 1.39 bits per heavy atom. The lowest BCUT2D eigenvalue weighted by molar-refractivity contribution is 0.0925. The van der Waals surface area contributed by atoms with Gasteiger partial charge in [-0.15, -0.1) is 11.3 Å². The number of ether oxygens (including phenoxy) is 1. The maximum atomic E-state index is 13.2. The van der Waals surface area contributed by atoms with Gasteiger partial charge in [-0.05, 0) is 47.1 Å². The molecule has 2 rings (SSSR count). The van der Waals surface area contributed by atoms with Gasteiger partial charge in [-0.2, -0.15) is 0 Å². The summed E-state index contributed by atoms with van der Waals surface area (Å²) < 4.78 is 18.9. The van der Waals surface area contributed by atoms with Gasteiger partial charge in [-0.3, -0.25) is 4.79 Å². The molecule has 0 saturated heterocycles. The van der Waals surface area contributed by atoms with Gasteiger partial charge in [-0.1, -0.05) is 0 Å². The lowest BCUT2D eigenvalue weighted by Crippen LogP contribution is -2.10. The highest BCUT2D eigenvalue weighted by Crippen LogP contribution is 2.21. The molecule has 0 aliphatic rings. The van der Waals surface area contributed by atoms with E-state index in [1.807, 2.05) is 13.0 Å². The summed E-state index contributed by atoms with van der Waals surface area (Å²) in [5.41, 5.74) is 0. The zero-order valence-electron chi connectivity index (χ0n) is 9.57. The standard InChI is InChI=1S/C13H10BrFO2S/c1-8-2-5-13(18-8)12(16)7-17-9-3-4-10(14)11(15)6-9/h2-6H,7H2,1H3. The first-order valence-corrected chi connectivity index (χ1v) is 6.84. The van der Waals surface area contributed by atoms with Crippen molar-refractivity contribution < 1.29 is 13.9 Å². The molecule has 1 aromatic carbocycles. The second kappa shape index (κ2) is 5.63. The molecule has 0 radical (unpaired) electrons. The molecule has 0 aliphatic carbocycles. The summed E-state index contributed by atoms with van der Waals surface area (Å²) >= 11 is 4.48. The van der Waals surface area contributed by atoms with E-state index in [4.69, 9.17) is 4.74 Å². The zero-order valence-corrected chi connectivity index (χ0v) is 12.0. The van der Waals surface area contributed by atoms with Crippen LogP contribution in [0.5, 0.6) is 5.75 Å². The fourth-order valence-electron chi connectivity index (χ4n) is 1.37. The van der Waals surface area contributed by atoms with E-state index in [-0.39, 0.29) is 12.4 Å². The molecular formula is C13H10BrFO2S. The number of aryl methyl sites for hydroxylation is 1. The zero-order chi connectivity index (χ0) is 13.1. The molecular weight excluding hydrogens is 319 g/mol. The Morgan fingerprint density at radius 2 is 2.17 bits per heavy atom. The topological polar surface area (TPSA) is 26.3 Å². The Balaban J connectivity index is 1.99. The SMILES string of the molecule is Cc1ccc(C(=O)COc2ccc(Br)c(F)c2)s1. The van der Waals surface area contributed by atoms with Crippen LogP contribution in [0, 0.1) is 12.7 Å². The summed E-state index contributed by atoms with van der Waals surface area (Å²) in [5, 5.41) is 0. The van der Waals surface area contributed by atoms with E-state index in [0.717, 1.165) is 4.88 Å². The van der Waals surface area contributed by atoms with Crippen molar-refractivity contribution >= 4 is 33.0 Å². The Labute approximate surface area is 117 Å². The minimum absolute atomic E-state index is 0.0823. The van der Waals surface area contributed by atoms with Crippen molar-refractivity contribution in [3.8, 4) is 5.75 Å². The maximum absolute atomic E-state index is 13.2. The van der Waals surface area contributed by atoms with Crippen LogP contribution in [-0.2, 0) is 0 Å². The summed E-state index contributed by atoms with van der Waals surface area (Å²) in [5.74, 6) is -0.166. The van der Waals surface area contributed by atoms with Crippen molar-refractivity contribution in [2.24, 2.45) is 0 Å². The van der Waals surface area contributed by atoms with Gasteiger partial charge in [0.25, 0.3) is 0 Å². The minimum atomic E-state index is -0.410. The molecule has 1 heterocycles. The van der Waals surface area contributed by atoms with Crippen molar-refractivity contribution in [2.75, 3.05) is 6.61 Å². The van der Waals surface area contributed by atoms with Gasteiger partial charge in [0.05, 0.1) is 9.35 Å². The molecule has 2 nitrogen and oxygen atoms in total. The average Bonchev–Trinajstić information content (AvgIpc) is 2.77. The van der Waals surface area contributed by atoms with Crippen molar-refractivity contribution in [3.05, 3.63) is 50.4 Å².